The quantitative estimate of drug-likeness (QED) is 0.688. The maximum absolute atomic E-state index is 5.79. The van der Waals surface area contributed by atoms with Crippen LogP contribution in [-0.2, 0) is 0 Å². The Labute approximate surface area is 86.4 Å². The van der Waals surface area contributed by atoms with Crippen molar-refractivity contribution in [2.24, 2.45) is 22.6 Å². The number of aliphatic imine (C=N–C) groups is 1. The minimum Gasteiger partial charge on any atom is -0.370 e. The van der Waals surface area contributed by atoms with E-state index < -0.39 is 0 Å². The minimum atomic E-state index is 0.581. The first kappa shape index (κ1) is 9.81. The molecule has 3 heteroatoms. The summed E-state index contributed by atoms with van der Waals surface area (Å²) >= 11 is 0. The molecule has 1 aliphatic carbocycles. The lowest BCUT2D eigenvalue weighted by atomic mass is 9.78. The molecule has 3 unspecified atom stereocenters. The highest BCUT2D eigenvalue weighted by Crippen LogP contribution is 2.33. The first-order valence-corrected chi connectivity index (χ1v) is 5.71. The van der Waals surface area contributed by atoms with Crippen molar-refractivity contribution in [3.63, 3.8) is 0 Å². The van der Waals surface area contributed by atoms with Gasteiger partial charge in [-0.3, -0.25) is 4.99 Å². The molecule has 3 atom stereocenters. The predicted octanol–water partition coefficient (Wildman–Crippen LogP) is 1.44. The molecule has 0 aromatic carbocycles. The van der Waals surface area contributed by atoms with Gasteiger partial charge in [-0.1, -0.05) is 19.8 Å². The van der Waals surface area contributed by atoms with Crippen molar-refractivity contribution < 1.29 is 0 Å². The summed E-state index contributed by atoms with van der Waals surface area (Å²) in [6.45, 7) is 3.28. The molecular weight excluding hydrogens is 174 g/mol. The third kappa shape index (κ3) is 1.72. The van der Waals surface area contributed by atoms with Crippen molar-refractivity contribution >= 4 is 5.96 Å². The Kier molecular flexibility index (Phi) is 2.66. The lowest BCUT2D eigenvalue weighted by Gasteiger charge is -2.34. The van der Waals surface area contributed by atoms with Crippen molar-refractivity contribution in [1.82, 2.24) is 4.90 Å². The third-order valence-electron chi connectivity index (χ3n) is 3.82. The molecule has 0 saturated heterocycles. The Balaban J connectivity index is 1.96. The number of likely N-dealkylation sites (N-methyl/N-ethyl adjacent to an activating group) is 1. The highest BCUT2D eigenvalue weighted by molar-refractivity contribution is 5.79. The summed E-state index contributed by atoms with van der Waals surface area (Å²) in [4.78, 5) is 6.49. The van der Waals surface area contributed by atoms with E-state index in [1.807, 2.05) is 0 Å². The Morgan fingerprint density at radius 3 is 2.79 bits per heavy atom. The van der Waals surface area contributed by atoms with Gasteiger partial charge < -0.3 is 10.6 Å². The monoisotopic (exact) mass is 195 g/mol. The zero-order valence-electron chi connectivity index (χ0n) is 9.24. The van der Waals surface area contributed by atoms with E-state index in [1.54, 1.807) is 0 Å². The molecular formula is C11H21N3. The fourth-order valence-electron chi connectivity index (χ4n) is 2.89. The molecule has 0 amide bonds. The molecule has 1 aliphatic heterocycles. The second-order valence-electron chi connectivity index (χ2n) is 4.91. The van der Waals surface area contributed by atoms with Crippen molar-refractivity contribution in [3.8, 4) is 0 Å². The van der Waals surface area contributed by atoms with E-state index in [0.717, 1.165) is 24.3 Å². The van der Waals surface area contributed by atoms with Crippen LogP contribution in [0.5, 0.6) is 0 Å². The van der Waals surface area contributed by atoms with E-state index in [1.165, 1.54) is 25.7 Å². The van der Waals surface area contributed by atoms with Crippen molar-refractivity contribution in [2.75, 3.05) is 13.6 Å². The van der Waals surface area contributed by atoms with Crippen LogP contribution < -0.4 is 5.73 Å². The number of guanidine groups is 1. The van der Waals surface area contributed by atoms with Gasteiger partial charge in [-0.05, 0) is 24.7 Å². The summed E-state index contributed by atoms with van der Waals surface area (Å²) in [5.74, 6) is 2.44. The fourth-order valence-corrected chi connectivity index (χ4v) is 2.89. The van der Waals surface area contributed by atoms with Crippen molar-refractivity contribution in [3.05, 3.63) is 0 Å². The molecule has 80 valence electrons. The number of rotatable bonds is 1. The normalized spacial score (nSPS) is 38.6. The number of hydrogen-bond donors (Lipinski definition) is 1. The second-order valence-corrected chi connectivity index (χ2v) is 4.91. The summed E-state index contributed by atoms with van der Waals surface area (Å²) in [6.07, 6.45) is 5.51. The summed E-state index contributed by atoms with van der Waals surface area (Å²) in [7, 11) is 2.08. The van der Waals surface area contributed by atoms with Crippen molar-refractivity contribution in [1.29, 1.82) is 0 Å². The number of nitrogens with zero attached hydrogens (tertiary/aromatic N) is 2. The van der Waals surface area contributed by atoms with Crippen LogP contribution >= 0.6 is 0 Å². The molecule has 14 heavy (non-hydrogen) atoms. The van der Waals surface area contributed by atoms with Gasteiger partial charge in [0.15, 0.2) is 5.96 Å². The van der Waals surface area contributed by atoms with Gasteiger partial charge >= 0.3 is 0 Å². The lowest BCUT2D eigenvalue weighted by Crippen LogP contribution is -2.42. The zero-order valence-corrected chi connectivity index (χ0v) is 9.24. The summed E-state index contributed by atoms with van der Waals surface area (Å²) in [5, 5.41) is 0. The molecule has 0 radical (unpaired) electrons. The first-order valence-electron chi connectivity index (χ1n) is 5.71. The second kappa shape index (κ2) is 3.79. The SMILES string of the molecule is CC1CCCC(C2CN=C(N)N2C)C1. The van der Waals surface area contributed by atoms with Crippen LogP contribution in [0.25, 0.3) is 0 Å². The first-order chi connectivity index (χ1) is 6.68. The molecule has 0 bridgehead atoms. The van der Waals surface area contributed by atoms with Crippen LogP contribution in [0.2, 0.25) is 0 Å². The van der Waals surface area contributed by atoms with Gasteiger partial charge in [0.1, 0.15) is 0 Å². The van der Waals surface area contributed by atoms with E-state index in [-0.39, 0.29) is 0 Å². The molecule has 0 aromatic rings. The molecule has 1 heterocycles. The zero-order chi connectivity index (χ0) is 10.1. The van der Waals surface area contributed by atoms with Crippen LogP contribution in [0.3, 0.4) is 0 Å². The standard InChI is InChI=1S/C11H21N3/c1-8-4-3-5-9(6-8)10-7-13-11(12)14(10)2/h8-10H,3-7H2,1-2H3,(H2,12,13). The summed E-state index contributed by atoms with van der Waals surface area (Å²) < 4.78 is 0. The predicted molar refractivity (Wildman–Crippen MR) is 59.2 cm³/mol. The van der Waals surface area contributed by atoms with Gasteiger partial charge in [0.25, 0.3) is 0 Å². The topological polar surface area (TPSA) is 41.6 Å². The Hall–Kier alpha value is -0.730. The highest BCUT2D eigenvalue weighted by Gasteiger charge is 2.32. The van der Waals surface area contributed by atoms with E-state index in [2.05, 4.69) is 23.9 Å². The molecule has 2 N–H and O–H groups in total. The molecule has 0 spiro atoms. The van der Waals surface area contributed by atoms with Crippen LogP contribution in [-0.4, -0.2) is 30.5 Å². The van der Waals surface area contributed by atoms with Crippen LogP contribution in [0.15, 0.2) is 4.99 Å². The summed E-state index contributed by atoms with van der Waals surface area (Å²) in [6, 6.07) is 0.581. The van der Waals surface area contributed by atoms with Gasteiger partial charge in [-0.25, -0.2) is 0 Å². The van der Waals surface area contributed by atoms with Gasteiger partial charge in [0.2, 0.25) is 0 Å². The van der Waals surface area contributed by atoms with Gasteiger partial charge in [-0.2, -0.15) is 0 Å². The molecule has 3 nitrogen and oxygen atoms in total. The fraction of sp³-hybridized carbons (Fsp3) is 0.909. The Bertz CT molecular complexity index is 237. The molecule has 0 aromatic heterocycles. The lowest BCUT2D eigenvalue weighted by molar-refractivity contribution is 0.189. The van der Waals surface area contributed by atoms with Crippen LogP contribution in [0, 0.1) is 11.8 Å². The molecule has 2 rings (SSSR count). The van der Waals surface area contributed by atoms with Crippen molar-refractivity contribution in [2.45, 2.75) is 38.6 Å². The number of hydrogen-bond acceptors (Lipinski definition) is 3. The largest absolute Gasteiger partial charge is 0.370 e. The molecule has 1 fully saturated rings. The minimum absolute atomic E-state index is 0.581. The van der Waals surface area contributed by atoms with E-state index in [4.69, 9.17) is 5.73 Å². The Morgan fingerprint density at radius 2 is 2.21 bits per heavy atom. The Morgan fingerprint density at radius 1 is 1.43 bits per heavy atom. The van der Waals surface area contributed by atoms with E-state index >= 15 is 0 Å². The van der Waals surface area contributed by atoms with Crippen LogP contribution in [0.1, 0.15) is 32.6 Å². The van der Waals surface area contributed by atoms with E-state index in [0.29, 0.717) is 6.04 Å². The summed E-state index contributed by atoms with van der Waals surface area (Å²) in [5.41, 5.74) is 5.79. The van der Waals surface area contributed by atoms with Crippen LogP contribution in [0.4, 0.5) is 0 Å². The van der Waals surface area contributed by atoms with Gasteiger partial charge in [-0.15, -0.1) is 0 Å². The average molecular weight is 195 g/mol. The maximum Gasteiger partial charge on any atom is 0.191 e. The average Bonchev–Trinajstić information content (AvgIpc) is 2.48. The maximum atomic E-state index is 5.79. The van der Waals surface area contributed by atoms with E-state index in [9.17, 15) is 0 Å². The highest BCUT2D eigenvalue weighted by atomic mass is 15.3. The molecule has 2 aliphatic rings. The van der Waals surface area contributed by atoms with Gasteiger partial charge in [0, 0.05) is 7.05 Å². The number of nitrogens with two attached hydrogens (primary N) is 1. The molecule has 1 saturated carbocycles. The third-order valence-corrected chi connectivity index (χ3v) is 3.82. The van der Waals surface area contributed by atoms with Gasteiger partial charge in [0.05, 0.1) is 12.6 Å². The smallest absolute Gasteiger partial charge is 0.191 e.